The van der Waals surface area contributed by atoms with Gasteiger partial charge >= 0.3 is 0 Å². The molecular weight excluding hydrogens is 389 g/mol. The lowest BCUT2D eigenvalue weighted by atomic mass is 9.93. The second kappa shape index (κ2) is 6.27. The third kappa shape index (κ3) is 2.59. The minimum atomic E-state index is -4.95. The fourth-order valence-corrected chi connectivity index (χ4v) is 6.30. The van der Waals surface area contributed by atoms with Crippen molar-refractivity contribution in [3.05, 3.63) is 65.0 Å². The second-order valence-electron chi connectivity index (χ2n) is 6.82. The van der Waals surface area contributed by atoms with Crippen molar-refractivity contribution in [2.75, 3.05) is 0 Å². The van der Waals surface area contributed by atoms with Gasteiger partial charge in [0.2, 0.25) is 15.8 Å². The summed E-state index contributed by atoms with van der Waals surface area (Å²) >= 11 is 0. The number of fused-ring (bicyclic) bond motifs is 2. The van der Waals surface area contributed by atoms with Gasteiger partial charge in [0.15, 0.2) is 28.2 Å². The van der Waals surface area contributed by atoms with Gasteiger partial charge in [-0.3, -0.25) is 0 Å². The Kier molecular flexibility index (Phi) is 4.27. The molecule has 1 saturated heterocycles. The maximum absolute atomic E-state index is 14.2. The fourth-order valence-electron chi connectivity index (χ4n) is 4.28. The Bertz CT molecular complexity index is 983. The minimum absolute atomic E-state index is 0.0755. The lowest BCUT2D eigenvalue weighted by molar-refractivity contribution is 0.243. The van der Waals surface area contributed by atoms with Gasteiger partial charge in [0.05, 0.1) is 6.04 Å². The first-order valence-corrected chi connectivity index (χ1v) is 9.79. The van der Waals surface area contributed by atoms with E-state index in [1.54, 1.807) is 30.3 Å². The largest absolute Gasteiger partial charge is 0.249 e. The molecule has 3 atom stereocenters. The van der Waals surface area contributed by atoms with E-state index in [-0.39, 0.29) is 5.92 Å². The fraction of sp³-hybridized carbons (Fsp3) is 0.333. The zero-order chi connectivity index (χ0) is 19.5. The first kappa shape index (κ1) is 18.4. The molecule has 1 aliphatic carbocycles. The smallest absolute Gasteiger partial charge is 0.207 e. The molecule has 3 nitrogen and oxygen atoms in total. The predicted molar refractivity (Wildman–Crippen MR) is 85.6 cm³/mol. The summed E-state index contributed by atoms with van der Waals surface area (Å²) in [6, 6.07) is 7.26. The molecule has 2 aromatic carbocycles. The quantitative estimate of drug-likeness (QED) is 0.436. The van der Waals surface area contributed by atoms with Crippen LogP contribution in [0.15, 0.2) is 35.2 Å². The first-order valence-electron chi connectivity index (χ1n) is 8.35. The number of sulfonamides is 1. The van der Waals surface area contributed by atoms with E-state index in [0.29, 0.717) is 18.4 Å². The Morgan fingerprint density at radius 1 is 0.815 bits per heavy atom. The molecule has 0 aromatic heterocycles. The number of piperidine rings is 1. The lowest BCUT2D eigenvalue weighted by Crippen LogP contribution is -2.41. The van der Waals surface area contributed by atoms with Gasteiger partial charge < -0.3 is 0 Å². The second-order valence-corrected chi connectivity index (χ2v) is 8.60. The van der Waals surface area contributed by atoms with Crippen LogP contribution in [0.2, 0.25) is 0 Å². The van der Waals surface area contributed by atoms with Gasteiger partial charge in [0, 0.05) is 6.04 Å². The number of halogens is 5. The highest BCUT2D eigenvalue weighted by Gasteiger charge is 2.53. The maximum Gasteiger partial charge on any atom is 0.249 e. The average molecular weight is 403 g/mol. The van der Waals surface area contributed by atoms with Gasteiger partial charge in [0.25, 0.3) is 0 Å². The number of nitrogens with zero attached hydrogens (tertiary/aromatic N) is 1. The highest BCUT2D eigenvalue weighted by Crippen LogP contribution is 2.53. The molecule has 0 amide bonds. The molecule has 2 aliphatic rings. The monoisotopic (exact) mass is 403 g/mol. The maximum atomic E-state index is 14.2. The van der Waals surface area contributed by atoms with Gasteiger partial charge in [-0.15, -0.1) is 0 Å². The van der Waals surface area contributed by atoms with E-state index < -0.39 is 56.1 Å². The highest BCUT2D eigenvalue weighted by molar-refractivity contribution is 7.89. The van der Waals surface area contributed by atoms with Gasteiger partial charge in [-0.2, -0.15) is 4.31 Å². The van der Waals surface area contributed by atoms with E-state index in [1.807, 2.05) is 0 Å². The molecule has 2 fully saturated rings. The summed E-state index contributed by atoms with van der Waals surface area (Å²) in [7, 11) is -4.95. The van der Waals surface area contributed by atoms with Crippen LogP contribution in [0.5, 0.6) is 0 Å². The molecule has 0 spiro atoms. The van der Waals surface area contributed by atoms with Crippen LogP contribution in [0.3, 0.4) is 0 Å². The summed E-state index contributed by atoms with van der Waals surface area (Å²) in [4.78, 5) is -1.78. The van der Waals surface area contributed by atoms with Crippen molar-refractivity contribution in [1.29, 1.82) is 0 Å². The van der Waals surface area contributed by atoms with Gasteiger partial charge in [-0.05, 0) is 30.7 Å². The summed E-state index contributed by atoms with van der Waals surface area (Å²) in [5, 5.41) is 0. The van der Waals surface area contributed by atoms with Gasteiger partial charge in [0.1, 0.15) is 0 Å². The Labute approximate surface area is 152 Å². The average Bonchev–Trinajstić information content (AvgIpc) is 3.27. The molecule has 1 saturated carbocycles. The van der Waals surface area contributed by atoms with Gasteiger partial charge in [-0.25, -0.2) is 30.4 Å². The third-order valence-corrected chi connectivity index (χ3v) is 7.33. The predicted octanol–water partition coefficient (Wildman–Crippen LogP) is 4.30. The molecular formula is C18H14F5NO2S. The molecule has 4 rings (SSSR count). The Hall–Kier alpha value is -2.00. The molecule has 9 heteroatoms. The van der Waals surface area contributed by atoms with Crippen molar-refractivity contribution < 1.29 is 30.4 Å². The summed E-state index contributed by atoms with van der Waals surface area (Å²) in [5.74, 6) is -11.7. The van der Waals surface area contributed by atoms with E-state index in [9.17, 15) is 30.4 Å². The Morgan fingerprint density at radius 3 is 1.96 bits per heavy atom. The molecule has 0 radical (unpaired) electrons. The van der Waals surface area contributed by atoms with Crippen LogP contribution in [-0.2, 0) is 10.0 Å². The molecule has 1 heterocycles. The number of hydrogen-bond acceptors (Lipinski definition) is 2. The van der Waals surface area contributed by atoms with Crippen molar-refractivity contribution in [3.8, 4) is 0 Å². The lowest BCUT2D eigenvalue weighted by Gasteiger charge is -2.34. The summed E-state index contributed by atoms with van der Waals surface area (Å²) in [6.45, 7) is 0. The van der Waals surface area contributed by atoms with Crippen molar-refractivity contribution in [3.63, 3.8) is 0 Å². The zero-order valence-corrected chi connectivity index (χ0v) is 14.6. The molecule has 2 aromatic rings. The van der Waals surface area contributed by atoms with E-state index in [2.05, 4.69) is 0 Å². The van der Waals surface area contributed by atoms with Crippen molar-refractivity contribution in [2.24, 2.45) is 5.92 Å². The number of rotatable bonds is 3. The zero-order valence-electron chi connectivity index (χ0n) is 13.8. The minimum Gasteiger partial charge on any atom is -0.207 e. The number of hydrogen-bond donors (Lipinski definition) is 0. The summed E-state index contributed by atoms with van der Waals surface area (Å²) < 4.78 is 95.9. The highest BCUT2D eigenvalue weighted by atomic mass is 32.2. The van der Waals surface area contributed by atoms with Gasteiger partial charge in [-0.1, -0.05) is 30.3 Å². The van der Waals surface area contributed by atoms with Crippen LogP contribution in [0.4, 0.5) is 22.0 Å². The summed E-state index contributed by atoms with van der Waals surface area (Å²) in [5.41, 5.74) is 0.622. The molecule has 144 valence electrons. The standard InChI is InChI=1S/C18H14F5NO2S/c19-12-13(20)15(22)18(16(23)14(12)21)27(25,26)24-11-7-6-10(8-11)17(24)9-4-2-1-3-5-9/h1-5,10-11,17H,6-8H2. The third-order valence-electron chi connectivity index (χ3n) is 5.37. The van der Waals surface area contributed by atoms with Crippen LogP contribution in [0, 0.1) is 35.0 Å². The van der Waals surface area contributed by atoms with Crippen LogP contribution in [0.1, 0.15) is 30.9 Å². The molecule has 3 unspecified atom stereocenters. The van der Waals surface area contributed by atoms with Crippen LogP contribution >= 0.6 is 0 Å². The SMILES string of the molecule is O=S(=O)(c1c(F)c(F)c(F)c(F)c1F)N1C2CCC(C2)C1c1ccccc1. The molecule has 2 bridgehead atoms. The van der Waals surface area contributed by atoms with Crippen molar-refractivity contribution in [1.82, 2.24) is 4.31 Å². The van der Waals surface area contributed by atoms with E-state index in [4.69, 9.17) is 0 Å². The van der Waals surface area contributed by atoms with Crippen molar-refractivity contribution in [2.45, 2.75) is 36.2 Å². The summed E-state index contributed by atoms with van der Waals surface area (Å²) in [6.07, 6.45) is 1.68. The molecule has 1 aliphatic heterocycles. The first-order chi connectivity index (χ1) is 12.7. The Morgan fingerprint density at radius 2 is 1.37 bits per heavy atom. The molecule has 27 heavy (non-hydrogen) atoms. The van der Waals surface area contributed by atoms with Crippen molar-refractivity contribution >= 4 is 10.0 Å². The van der Waals surface area contributed by atoms with E-state index in [1.165, 1.54) is 0 Å². The van der Waals surface area contributed by atoms with E-state index >= 15 is 0 Å². The molecule has 0 N–H and O–H groups in total. The Balaban J connectivity index is 1.90. The normalized spacial score (nSPS) is 25.3. The van der Waals surface area contributed by atoms with Crippen LogP contribution < -0.4 is 0 Å². The van der Waals surface area contributed by atoms with Crippen LogP contribution in [-0.4, -0.2) is 18.8 Å². The topological polar surface area (TPSA) is 37.4 Å². The van der Waals surface area contributed by atoms with Crippen LogP contribution in [0.25, 0.3) is 0 Å². The van der Waals surface area contributed by atoms with E-state index in [0.717, 1.165) is 10.7 Å². The number of benzene rings is 2.